The van der Waals surface area contributed by atoms with Crippen LogP contribution in [0.3, 0.4) is 0 Å². The van der Waals surface area contributed by atoms with Crippen LogP contribution in [0.2, 0.25) is 0 Å². The van der Waals surface area contributed by atoms with Gasteiger partial charge in [-0.2, -0.15) is 0 Å². The number of hydrogen-bond donors (Lipinski definition) is 1. The Hall–Kier alpha value is -1.91. The minimum atomic E-state index is 0.545. The Labute approximate surface area is 144 Å². The molecule has 0 unspecified atom stereocenters. The quantitative estimate of drug-likeness (QED) is 0.685. The summed E-state index contributed by atoms with van der Waals surface area (Å²) in [6.07, 6.45) is 3.29. The van der Waals surface area contributed by atoms with Crippen LogP contribution in [0, 0.1) is 0 Å². The molecule has 128 valence electrons. The van der Waals surface area contributed by atoms with Gasteiger partial charge < -0.3 is 15.4 Å². The minimum Gasteiger partial charge on any atom is -0.378 e. The zero-order chi connectivity index (χ0) is 16.9. The highest BCUT2D eigenvalue weighted by molar-refractivity contribution is 5.88. The third kappa shape index (κ3) is 3.77. The summed E-state index contributed by atoms with van der Waals surface area (Å²) in [7, 11) is 0. The number of ether oxygens (including phenoxy) is 1. The molecule has 1 aromatic carbocycles. The maximum atomic E-state index is 5.83. The van der Waals surface area contributed by atoms with E-state index in [0.717, 1.165) is 61.8 Å². The van der Waals surface area contributed by atoms with E-state index in [4.69, 9.17) is 15.5 Å². The van der Waals surface area contributed by atoms with Crippen LogP contribution in [0.25, 0.3) is 5.70 Å². The molecule has 4 nitrogen and oxygen atoms in total. The molecular formula is C20H27N3O. The molecule has 1 heterocycles. The van der Waals surface area contributed by atoms with Gasteiger partial charge in [0.1, 0.15) is 5.84 Å². The average molecular weight is 325 g/mol. The van der Waals surface area contributed by atoms with E-state index >= 15 is 0 Å². The molecule has 0 spiro atoms. The predicted molar refractivity (Wildman–Crippen MR) is 99.7 cm³/mol. The minimum absolute atomic E-state index is 0.545. The standard InChI is InChI=1S/C20H27N3O/c1-15-5-3-8-19(15)20(18-7-4-6-17(13-18)14-21)22-16(2)23-9-11-24-12-10-23/h4,6-7,13H,1,3,5,8-12,14,21H2,2H3/b20-19-,22-16+. The van der Waals surface area contributed by atoms with Gasteiger partial charge in [0, 0.05) is 25.2 Å². The predicted octanol–water partition coefficient (Wildman–Crippen LogP) is 3.35. The highest BCUT2D eigenvalue weighted by Crippen LogP contribution is 2.36. The first-order valence-electron chi connectivity index (χ1n) is 8.77. The first-order valence-corrected chi connectivity index (χ1v) is 8.77. The molecule has 0 amide bonds. The number of aliphatic imine (C=N–C) groups is 1. The van der Waals surface area contributed by atoms with Gasteiger partial charge in [-0.15, -0.1) is 0 Å². The molecule has 0 aromatic heterocycles. The number of amidine groups is 1. The molecule has 1 aliphatic carbocycles. The topological polar surface area (TPSA) is 50.8 Å². The van der Waals surface area contributed by atoms with Crippen LogP contribution in [0.15, 0.2) is 47.0 Å². The average Bonchev–Trinajstić information content (AvgIpc) is 3.06. The smallest absolute Gasteiger partial charge is 0.102 e. The number of morpholine rings is 1. The Morgan fingerprint density at radius 3 is 2.75 bits per heavy atom. The summed E-state index contributed by atoms with van der Waals surface area (Å²) in [5.74, 6) is 1.05. The normalized spacial score (nSPS) is 21.3. The van der Waals surface area contributed by atoms with Crippen molar-refractivity contribution >= 4 is 11.5 Å². The fourth-order valence-corrected chi connectivity index (χ4v) is 3.36. The molecule has 0 atom stereocenters. The Morgan fingerprint density at radius 2 is 2.08 bits per heavy atom. The zero-order valence-electron chi connectivity index (χ0n) is 14.6. The Morgan fingerprint density at radius 1 is 1.29 bits per heavy atom. The van der Waals surface area contributed by atoms with Crippen molar-refractivity contribution in [2.75, 3.05) is 26.3 Å². The van der Waals surface area contributed by atoms with E-state index in [1.807, 2.05) is 0 Å². The molecule has 2 N–H and O–H groups in total. The van der Waals surface area contributed by atoms with E-state index in [1.54, 1.807) is 0 Å². The zero-order valence-corrected chi connectivity index (χ0v) is 14.6. The van der Waals surface area contributed by atoms with Crippen LogP contribution in [0.5, 0.6) is 0 Å². The fourth-order valence-electron chi connectivity index (χ4n) is 3.36. The molecule has 2 aliphatic rings. The van der Waals surface area contributed by atoms with Gasteiger partial charge in [0.15, 0.2) is 0 Å². The molecule has 1 saturated carbocycles. The molecule has 1 saturated heterocycles. The van der Waals surface area contributed by atoms with Gasteiger partial charge in [-0.3, -0.25) is 0 Å². The Balaban J connectivity index is 2.01. The summed E-state index contributed by atoms with van der Waals surface area (Å²) in [6.45, 7) is 10.3. The van der Waals surface area contributed by atoms with Crippen LogP contribution in [0.1, 0.15) is 37.3 Å². The van der Waals surface area contributed by atoms with Crippen molar-refractivity contribution in [1.82, 2.24) is 4.90 Å². The molecule has 0 bridgehead atoms. The number of benzene rings is 1. The van der Waals surface area contributed by atoms with E-state index < -0.39 is 0 Å². The molecule has 3 rings (SSSR count). The number of rotatable bonds is 3. The van der Waals surface area contributed by atoms with E-state index in [2.05, 4.69) is 42.7 Å². The van der Waals surface area contributed by atoms with Crippen LogP contribution < -0.4 is 5.73 Å². The van der Waals surface area contributed by atoms with E-state index in [1.165, 1.54) is 17.6 Å². The number of nitrogens with two attached hydrogens (primary N) is 1. The lowest BCUT2D eigenvalue weighted by Crippen LogP contribution is -2.39. The van der Waals surface area contributed by atoms with Gasteiger partial charge in [0.2, 0.25) is 0 Å². The lowest BCUT2D eigenvalue weighted by Gasteiger charge is -2.28. The molecule has 24 heavy (non-hydrogen) atoms. The highest BCUT2D eigenvalue weighted by atomic mass is 16.5. The van der Waals surface area contributed by atoms with Gasteiger partial charge >= 0.3 is 0 Å². The van der Waals surface area contributed by atoms with Crippen LogP contribution in [-0.2, 0) is 11.3 Å². The van der Waals surface area contributed by atoms with Crippen molar-refractivity contribution in [3.63, 3.8) is 0 Å². The molecule has 1 aliphatic heterocycles. The molecule has 2 fully saturated rings. The summed E-state index contributed by atoms with van der Waals surface area (Å²) >= 11 is 0. The molecule has 4 heteroatoms. The number of nitrogens with zero attached hydrogens (tertiary/aromatic N) is 2. The van der Waals surface area contributed by atoms with E-state index in [9.17, 15) is 0 Å². The summed E-state index contributed by atoms with van der Waals surface area (Å²) in [6, 6.07) is 8.41. The summed E-state index contributed by atoms with van der Waals surface area (Å²) < 4.78 is 5.45. The number of hydrogen-bond acceptors (Lipinski definition) is 3. The second kappa shape index (κ2) is 7.77. The van der Waals surface area contributed by atoms with Gasteiger partial charge in [-0.1, -0.05) is 24.8 Å². The van der Waals surface area contributed by atoms with Crippen molar-refractivity contribution in [3.05, 3.63) is 53.1 Å². The summed E-state index contributed by atoms with van der Waals surface area (Å²) in [4.78, 5) is 7.34. The SMILES string of the molecule is C=C1CCC/C1=C(/N=C(\C)N1CCOCC1)c1cccc(CN)c1. The van der Waals surface area contributed by atoms with Crippen LogP contribution in [-0.4, -0.2) is 37.0 Å². The fraction of sp³-hybridized carbons (Fsp3) is 0.450. The van der Waals surface area contributed by atoms with Crippen molar-refractivity contribution < 1.29 is 4.74 Å². The maximum Gasteiger partial charge on any atom is 0.102 e. The van der Waals surface area contributed by atoms with Crippen LogP contribution >= 0.6 is 0 Å². The van der Waals surface area contributed by atoms with Gasteiger partial charge in [-0.25, -0.2) is 4.99 Å². The monoisotopic (exact) mass is 325 g/mol. The Bertz CT molecular complexity index is 669. The summed E-state index contributed by atoms with van der Waals surface area (Å²) in [5, 5.41) is 0. The largest absolute Gasteiger partial charge is 0.378 e. The lowest BCUT2D eigenvalue weighted by molar-refractivity contribution is 0.0678. The Kier molecular flexibility index (Phi) is 5.48. The van der Waals surface area contributed by atoms with Crippen molar-refractivity contribution in [1.29, 1.82) is 0 Å². The first kappa shape index (κ1) is 16.9. The third-order valence-electron chi connectivity index (χ3n) is 4.80. The van der Waals surface area contributed by atoms with Gasteiger partial charge in [0.25, 0.3) is 0 Å². The second-order valence-corrected chi connectivity index (χ2v) is 6.45. The molecule has 1 aromatic rings. The second-order valence-electron chi connectivity index (χ2n) is 6.45. The van der Waals surface area contributed by atoms with Gasteiger partial charge in [-0.05, 0) is 49.0 Å². The first-order chi connectivity index (χ1) is 11.7. The van der Waals surface area contributed by atoms with Gasteiger partial charge in [0.05, 0.1) is 18.9 Å². The summed E-state index contributed by atoms with van der Waals surface area (Å²) in [5.41, 5.74) is 11.7. The van der Waals surface area contributed by atoms with Crippen molar-refractivity contribution in [2.24, 2.45) is 10.7 Å². The third-order valence-corrected chi connectivity index (χ3v) is 4.80. The van der Waals surface area contributed by atoms with E-state index in [0.29, 0.717) is 6.54 Å². The maximum absolute atomic E-state index is 5.83. The highest BCUT2D eigenvalue weighted by Gasteiger charge is 2.19. The molecular weight excluding hydrogens is 298 g/mol. The van der Waals surface area contributed by atoms with Crippen LogP contribution in [0.4, 0.5) is 0 Å². The van der Waals surface area contributed by atoms with Crippen molar-refractivity contribution in [2.45, 2.75) is 32.7 Å². The molecule has 0 radical (unpaired) electrons. The van der Waals surface area contributed by atoms with E-state index in [-0.39, 0.29) is 0 Å². The van der Waals surface area contributed by atoms with Crippen molar-refractivity contribution in [3.8, 4) is 0 Å². The lowest BCUT2D eigenvalue weighted by atomic mass is 10.0. The number of allylic oxidation sites excluding steroid dienone is 2.